The maximum atomic E-state index is 10.1. The third kappa shape index (κ3) is 1.53. The van der Waals surface area contributed by atoms with Crippen molar-refractivity contribution in [1.29, 1.82) is 0 Å². The molecule has 0 amide bonds. The summed E-state index contributed by atoms with van der Waals surface area (Å²) in [5, 5.41) is 10.1. The molecular formula is C15H24O2. The van der Waals surface area contributed by atoms with E-state index in [2.05, 4.69) is 26.8 Å². The van der Waals surface area contributed by atoms with Crippen LogP contribution in [-0.4, -0.2) is 23.9 Å². The average molecular weight is 236 g/mol. The van der Waals surface area contributed by atoms with Gasteiger partial charge in [0.15, 0.2) is 0 Å². The number of fused-ring (bicyclic) bond motifs is 2. The zero-order valence-corrected chi connectivity index (χ0v) is 11.1. The SMILES string of the molecule is CC1=CC2(CC1O)C(C)CCC1C(C)COC12. The molecule has 3 rings (SSSR count). The van der Waals surface area contributed by atoms with Crippen LogP contribution in [0.1, 0.15) is 40.0 Å². The fraction of sp³-hybridized carbons (Fsp3) is 0.867. The Bertz CT molecular complexity index is 349. The Balaban J connectivity index is 1.97. The largest absolute Gasteiger partial charge is 0.389 e. The Labute approximate surface area is 104 Å². The van der Waals surface area contributed by atoms with Crippen molar-refractivity contribution in [2.24, 2.45) is 23.2 Å². The monoisotopic (exact) mass is 236 g/mol. The summed E-state index contributed by atoms with van der Waals surface area (Å²) in [6, 6.07) is 0. The van der Waals surface area contributed by atoms with Crippen LogP contribution in [0.5, 0.6) is 0 Å². The van der Waals surface area contributed by atoms with Crippen LogP contribution in [0.4, 0.5) is 0 Å². The quantitative estimate of drug-likeness (QED) is 0.655. The topological polar surface area (TPSA) is 29.5 Å². The van der Waals surface area contributed by atoms with Crippen LogP contribution in [0.25, 0.3) is 0 Å². The van der Waals surface area contributed by atoms with Gasteiger partial charge in [-0.2, -0.15) is 0 Å². The van der Waals surface area contributed by atoms with E-state index in [1.165, 1.54) is 12.8 Å². The van der Waals surface area contributed by atoms with Gasteiger partial charge in [0.2, 0.25) is 0 Å². The second-order valence-corrected chi connectivity index (χ2v) is 6.59. The van der Waals surface area contributed by atoms with Gasteiger partial charge in [-0.25, -0.2) is 0 Å². The number of rotatable bonds is 0. The predicted molar refractivity (Wildman–Crippen MR) is 67.6 cm³/mol. The molecule has 2 nitrogen and oxygen atoms in total. The fourth-order valence-electron chi connectivity index (χ4n) is 4.40. The summed E-state index contributed by atoms with van der Waals surface area (Å²) >= 11 is 0. The van der Waals surface area contributed by atoms with E-state index in [-0.39, 0.29) is 11.5 Å². The Kier molecular flexibility index (Phi) is 2.64. The van der Waals surface area contributed by atoms with E-state index in [0.717, 1.165) is 18.6 Å². The highest BCUT2D eigenvalue weighted by atomic mass is 16.5. The number of ether oxygens (including phenoxy) is 1. The lowest BCUT2D eigenvalue weighted by molar-refractivity contribution is -0.0603. The Morgan fingerprint density at radius 2 is 2.12 bits per heavy atom. The highest BCUT2D eigenvalue weighted by Crippen LogP contribution is 2.56. The molecule has 1 saturated carbocycles. The Hall–Kier alpha value is -0.340. The summed E-state index contributed by atoms with van der Waals surface area (Å²) in [6.07, 6.45) is 5.93. The lowest BCUT2D eigenvalue weighted by atomic mass is 9.60. The van der Waals surface area contributed by atoms with Crippen LogP contribution >= 0.6 is 0 Å². The molecule has 1 heterocycles. The van der Waals surface area contributed by atoms with Gasteiger partial charge in [0, 0.05) is 12.0 Å². The van der Waals surface area contributed by atoms with Crippen molar-refractivity contribution in [2.45, 2.75) is 52.2 Å². The summed E-state index contributed by atoms with van der Waals surface area (Å²) in [5.41, 5.74) is 1.28. The van der Waals surface area contributed by atoms with Gasteiger partial charge in [-0.1, -0.05) is 19.9 Å². The summed E-state index contributed by atoms with van der Waals surface area (Å²) < 4.78 is 6.12. The van der Waals surface area contributed by atoms with Crippen molar-refractivity contribution in [1.82, 2.24) is 0 Å². The van der Waals surface area contributed by atoms with E-state index < -0.39 is 0 Å². The van der Waals surface area contributed by atoms with E-state index in [1.807, 2.05) is 0 Å². The first-order valence-corrected chi connectivity index (χ1v) is 7.03. The van der Waals surface area contributed by atoms with Crippen molar-refractivity contribution >= 4 is 0 Å². The molecule has 1 saturated heterocycles. The van der Waals surface area contributed by atoms with Gasteiger partial charge in [-0.3, -0.25) is 0 Å². The first-order chi connectivity index (χ1) is 8.04. The lowest BCUT2D eigenvalue weighted by Crippen LogP contribution is -2.46. The molecule has 0 aromatic heterocycles. The molecule has 3 aliphatic rings. The van der Waals surface area contributed by atoms with Crippen LogP contribution in [0.2, 0.25) is 0 Å². The van der Waals surface area contributed by atoms with Gasteiger partial charge >= 0.3 is 0 Å². The number of aliphatic hydroxyl groups excluding tert-OH is 1. The van der Waals surface area contributed by atoms with Crippen molar-refractivity contribution in [3.63, 3.8) is 0 Å². The van der Waals surface area contributed by atoms with Gasteiger partial charge in [-0.05, 0) is 49.5 Å². The molecular weight excluding hydrogens is 212 g/mol. The molecule has 0 radical (unpaired) electrons. The van der Waals surface area contributed by atoms with E-state index in [0.29, 0.717) is 23.9 Å². The lowest BCUT2D eigenvalue weighted by Gasteiger charge is -2.46. The minimum atomic E-state index is -0.240. The maximum absolute atomic E-state index is 10.1. The van der Waals surface area contributed by atoms with Crippen molar-refractivity contribution < 1.29 is 9.84 Å². The Morgan fingerprint density at radius 1 is 1.35 bits per heavy atom. The first-order valence-electron chi connectivity index (χ1n) is 7.03. The van der Waals surface area contributed by atoms with E-state index >= 15 is 0 Å². The van der Waals surface area contributed by atoms with Crippen LogP contribution in [0.15, 0.2) is 11.6 Å². The number of hydrogen-bond acceptors (Lipinski definition) is 2. The van der Waals surface area contributed by atoms with Gasteiger partial charge in [0.1, 0.15) is 0 Å². The number of aliphatic hydroxyl groups is 1. The summed E-state index contributed by atoms with van der Waals surface area (Å²) in [4.78, 5) is 0. The molecule has 1 N–H and O–H groups in total. The minimum absolute atomic E-state index is 0.122. The molecule has 6 unspecified atom stereocenters. The van der Waals surface area contributed by atoms with Crippen LogP contribution < -0.4 is 0 Å². The zero-order valence-electron chi connectivity index (χ0n) is 11.1. The van der Waals surface area contributed by atoms with Crippen LogP contribution in [0.3, 0.4) is 0 Å². The third-order valence-electron chi connectivity index (χ3n) is 5.61. The molecule has 96 valence electrons. The molecule has 0 aromatic rings. The van der Waals surface area contributed by atoms with Crippen LogP contribution in [0, 0.1) is 23.2 Å². The highest BCUT2D eigenvalue weighted by molar-refractivity contribution is 5.25. The molecule has 2 heteroatoms. The smallest absolute Gasteiger partial charge is 0.0757 e. The molecule has 0 bridgehead atoms. The van der Waals surface area contributed by atoms with Gasteiger partial charge in [0.05, 0.1) is 12.2 Å². The summed E-state index contributed by atoms with van der Waals surface area (Å²) in [5.74, 6) is 2.04. The van der Waals surface area contributed by atoms with Crippen LogP contribution in [-0.2, 0) is 4.74 Å². The summed E-state index contributed by atoms with van der Waals surface area (Å²) in [7, 11) is 0. The third-order valence-corrected chi connectivity index (χ3v) is 5.61. The van der Waals surface area contributed by atoms with E-state index in [9.17, 15) is 5.11 Å². The minimum Gasteiger partial charge on any atom is -0.389 e. The molecule has 0 aromatic carbocycles. The predicted octanol–water partition coefficient (Wildman–Crippen LogP) is 2.76. The van der Waals surface area contributed by atoms with Crippen molar-refractivity contribution in [2.75, 3.05) is 6.61 Å². The van der Waals surface area contributed by atoms with E-state index in [4.69, 9.17) is 4.74 Å². The zero-order chi connectivity index (χ0) is 12.2. The fourth-order valence-corrected chi connectivity index (χ4v) is 4.40. The molecule has 1 spiro atoms. The maximum Gasteiger partial charge on any atom is 0.0757 e. The second-order valence-electron chi connectivity index (χ2n) is 6.59. The molecule has 6 atom stereocenters. The Morgan fingerprint density at radius 3 is 2.76 bits per heavy atom. The second kappa shape index (κ2) is 3.83. The summed E-state index contributed by atoms with van der Waals surface area (Å²) in [6.45, 7) is 7.63. The van der Waals surface area contributed by atoms with Gasteiger partial charge in [0.25, 0.3) is 0 Å². The van der Waals surface area contributed by atoms with E-state index in [1.54, 1.807) is 0 Å². The van der Waals surface area contributed by atoms with Crippen molar-refractivity contribution in [3.05, 3.63) is 11.6 Å². The van der Waals surface area contributed by atoms with Crippen molar-refractivity contribution in [3.8, 4) is 0 Å². The highest BCUT2D eigenvalue weighted by Gasteiger charge is 2.55. The van der Waals surface area contributed by atoms with Gasteiger partial charge < -0.3 is 9.84 Å². The molecule has 2 aliphatic carbocycles. The molecule has 2 fully saturated rings. The average Bonchev–Trinajstić information content (AvgIpc) is 2.78. The number of hydrogen-bond donors (Lipinski definition) is 1. The normalized spacial score (nSPS) is 53.9. The molecule has 17 heavy (non-hydrogen) atoms. The molecule has 1 aliphatic heterocycles. The standard InChI is InChI=1S/C15H24O2/c1-9-6-15(7-13(9)16)11(3)4-5-12-10(2)8-17-14(12)15/h6,10-14,16H,4-5,7-8H2,1-3H3. The first kappa shape index (κ1) is 11.7. The van der Waals surface area contributed by atoms with Gasteiger partial charge in [-0.15, -0.1) is 0 Å².